The summed E-state index contributed by atoms with van der Waals surface area (Å²) in [7, 11) is 0. The molecule has 2 N–H and O–H groups in total. The van der Waals surface area contributed by atoms with Crippen LogP contribution >= 0.6 is 0 Å². The van der Waals surface area contributed by atoms with Crippen molar-refractivity contribution in [1.29, 1.82) is 0 Å². The van der Waals surface area contributed by atoms with Crippen molar-refractivity contribution in [1.82, 2.24) is 15.5 Å². The van der Waals surface area contributed by atoms with Crippen molar-refractivity contribution >= 4 is 0 Å². The summed E-state index contributed by atoms with van der Waals surface area (Å²) in [5.74, 6) is 0.983. The predicted molar refractivity (Wildman–Crippen MR) is 44.9 cm³/mol. The molecule has 1 aliphatic heterocycles. The highest BCUT2D eigenvalue weighted by atomic mass is 16.5. The van der Waals surface area contributed by atoms with Gasteiger partial charge in [-0.15, -0.1) is 0 Å². The predicted octanol–water partition coefficient (Wildman–Crippen LogP) is -0.144. The zero-order valence-corrected chi connectivity index (χ0v) is 7.36. The number of aliphatic hydroxyl groups is 1. The Hall–Kier alpha value is -0.940. The van der Waals surface area contributed by atoms with Gasteiger partial charge in [-0.25, -0.2) is 0 Å². The minimum absolute atomic E-state index is 0.151. The average Bonchev–Trinajstić information content (AvgIpc) is 2.76. The van der Waals surface area contributed by atoms with Gasteiger partial charge in [-0.1, -0.05) is 5.16 Å². The van der Waals surface area contributed by atoms with Crippen molar-refractivity contribution in [3.05, 3.63) is 11.7 Å². The van der Waals surface area contributed by atoms with E-state index < -0.39 is 0 Å². The largest absolute Gasteiger partial charge is 0.388 e. The number of hydrogen-bond acceptors (Lipinski definition) is 5. The van der Waals surface area contributed by atoms with Gasteiger partial charge >= 0.3 is 0 Å². The molecule has 1 unspecified atom stereocenters. The van der Waals surface area contributed by atoms with Crippen LogP contribution < -0.4 is 5.32 Å². The molecule has 5 nitrogen and oxygen atoms in total. The summed E-state index contributed by atoms with van der Waals surface area (Å²) >= 11 is 0. The quantitative estimate of drug-likeness (QED) is 0.682. The van der Waals surface area contributed by atoms with Crippen molar-refractivity contribution in [3.8, 4) is 0 Å². The van der Waals surface area contributed by atoms with Crippen LogP contribution in [-0.2, 0) is 13.0 Å². The van der Waals surface area contributed by atoms with Crippen LogP contribution in [0.4, 0.5) is 0 Å². The standard InChI is InChI=1S/C8H13N3O2/c12-5-7-10-8(13-11-7)4-6-2-1-3-9-6/h6,9,12H,1-5H2. The van der Waals surface area contributed by atoms with Crippen LogP contribution in [0.2, 0.25) is 0 Å². The first-order valence-electron chi connectivity index (χ1n) is 4.54. The van der Waals surface area contributed by atoms with Gasteiger partial charge in [0.2, 0.25) is 5.89 Å². The monoisotopic (exact) mass is 183 g/mol. The smallest absolute Gasteiger partial charge is 0.228 e. The van der Waals surface area contributed by atoms with E-state index in [1.165, 1.54) is 6.42 Å². The SMILES string of the molecule is OCc1noc(CC2CCCN2)n1. The summed E-state index contributed by atoms with van der Waals surface area (Å²) in [6, 6.07) is 0.465. The van der Waals surface area contributed by atoms with Gasteiger partial charge in [-0.2, -0.15) is 4.98 Å². The lowest BCUT2D eigenvalue weighted by Gasteiger charge is -2.04. The van der Waals surface area contributed by atoms with Gasteiger partial charge in [0.05, 0.1) is 0 Å². The van der Waals surface area contributed by atoms with Crippen LogP contribution in [0, 0.1) is 0 Å². The van der Waals surface area contributed by atoms with E-state index in [-0.39, 0.29) is 6.61 Å². The number of nitrogens with zero attached hydrogens (tertiary/aromatic N) is 2. The Morgan fingerprint density at radius 1 is 1.62 bits per heavy atom. The molecule has 1 aromatic rings. The van der Waals surface area contributed by atoms with Gasteiger partial charge in [0, 0.05) is 12.5 Å². The van der Waals surface area contributed by atoms with E-state index in [4.69, 9.17) is 9.63 Å². The lowest BCUT2D eigenvalue weighted by atomic mass is 10.2. The van der Waals surface area contributed by atoms with Gasteiger partial charge in [-0.3, -0.25) is 0 Å². The van der Waals surface area contributed by atoms with Crippen LogP contribution in [0.15, 0.2) is 4.52 Å². The summed E-state index contributed by atoms with van der Waals surface area (Å²) < 4.78 is 4.96. The fraction of sp³-hybridized carbons (Fsp3) is 0.750. The fourth-order valence-electron chi connectivity index (χ4n) is 1.58. The zero-order valence-electron chi connectivity index (χ0n) is 7.36. The second-order valence-electron chi connectivity index (χ2n) is 3.26. The molecule has 2 rings (SSSR count). The second-order valence-corrected chi connectivity index (χ2v) is 3.26. The molecule has 0 spiro atoms. The van der Waals surface area contributed by atoms with Gasteiger partial charge < -0.3 is 14.9 Å². The molecule has 1 atom stereocenters. The first kappa shape index (κ1) is 8.65. The molecule has 0 aliphatic carbocycles. The lowest BCUT2D eigenvalue weighted by Crippen LogP contribution is -2.23. The van der Waals surface area contributed by atoms with Crippen LogP contribution in [0.1, 0.15) is 24.6 Å². The Morgan fingerprint density at radius 2 is 2.54 bits per heavy atom. The molecular formula is C8H13N3O2. The Morgan fingerprint density at radius 3 is 3.15 bits per heavy atom. The third-order valence-corrected chi connectivity index (χ3v) is 2.23. The Kier molecular flexibility index (Phi) is 2.56. The topological polar surface area (TPSA) is 71.2 Å². The second kappa shape index (κ2) is 3.85. The Labute approximate surface area is 76.1 Å². The van der Waals surface area contributed by atoms with Gasteiger partial charge in [0.1, 0.15) is 6.61 Å². The van der Waals surface area contributed by atoms with E-state index in [0.717, 1.165) is 19.4 Å². The van der Waals surface area contributed by atoms with E-state index in [1.807, 2.05) is 0 Å². The van der Waals surface area contributed by atoms with Crippen LogP contribution in [0.25, 0.3) is 0 Å². The number of rotatable bonds is 3. The van der Waals surface area contributed by atoms with Gasteiger partial charge in [-0.05, 0) is 19.4 Å². The average molecular weight is 183 g/mol. The highest BCUT2D eigenvalue weighted by Crippen LogP contribution is 2.10. The molecule has 1 saturated heterocycles. The van der Waals surface area contributed by atoms with E-state index in [1.54, 1.807) is 0 Å². The molecule has 0 aromatic carbocycles. The maximum atomic E-state index is 8.71. The summed E-state index contributed by atoms with van der Waals surface area (Å²) in [6.45, 7) is 0.924. The van der Waals surface area contributed by atoms with Gasteiger partial charge in [0.15, 0.2) is 5.82 Å². The third-order valence-electron chi connectivity index (χ3n) is 2.23. The normalized spacial score (nSPS) is 22.4. The fourth-order valence-corrected chi connectivity index (χ4v) is 1.58. The molecule has 0 saturated carbocycles. The van der Waals surface area contributed by atoms with E-state index in [0.29, 0.717) is 17.8 Å². The minimum Gasteiger partial charge on any atom is -0.388 e. The van der Waals surface area contributed by atoms with E-state index in [9.17, 15) is 0 Å². The molecule has 5 heteroatoms. The number of nitrogens with one attached hydrogen (secondary N) is 1. The highest BCUT2D eigenvalue weighted by Gasteiger charge is 2.17. The molecule has 72 valence electrons. The molecule has 1 aliphatic rings. The maximum absolute atomic E-state index is 8.71. The molecular weight excluding hydrogens is 170 g/mol. The summed E-state index contributed by atoms with van der Waals surface area (Å²) in [6.07, 6.45) is 3.15. The maximum Gasteiger partial charge on any atom is 0.228 e. The number of aliphatic hydroxyl groups excluding tert-OH is 1. The van der Waals surface area contributed by atoms with Crippen molar-refractivity contribution in [3.63, 3.8) is 0 Å². The Balaban J connectivity index is 1.92. The van der Waals surface area contributed by atoms with Crippen molar-refractivity contribution in [2.75, 3.05) is 6.54 Å². The summed E-state index contributed by atoms with van der Waals surface area (Å²) in [5.41, 5.74) is 0. The van der Waals surface area contributed by atoms with E-state index in [2.05, 4.69) is 15.5 Å². The van der Waals surface area contributed by atoms with E-state index >= 15 is 0 Å². The van der Waals surface area contributed by atoms with Crippen molar-refractivity contribution in [2.24, 2.45) is 0 Å². The van der Waals surface area contributed by atoms with Gasteiger partial charge in [0.25, 0.3) is 0 Å². The first-order valence-corrected chi connectivity index (χ1v) is 4.54. The van der Waals surface area contributed by atoms with Crippen LogP contribution in [0.5, 0.6) is 0 Å². The minimum atomic E-state index is -0.151. The first-order chi connectivity index (χ1) is 6.38. The molecule has 0 radical (unpaired) electrons. The molecule has 0 amide bonds. The highest BCUT2D eigenvalue weighted by molar-refractivity contribution is 4.89. The van der Waals surface area contributed by atoms with Crippen molar-refractivity contribution < 1.29 is 9.63 Å². The Bertz CT molecular complexity index is 268. The zero-order chi connectivity index (χ0) is 9.10. The molecule has 2 heterocycles. The number of aromatic nitrogens is 2. The summed E-state index contributed by atoms with van der Waals surface area (Å²) in [4.78, 5) is 4.02. The summed E-state index contributed by atoms with van der Waals surface area (Å²) in [5, 5.41) is 15.7. The molecule has 1 aromatic heterocycles. The lowest BCUT2D eigenvalue weighted by molar-refractivity contribution is 0.262. The molecule has 0 bridgehead atoms. The van der Waals surface area contributed by atoms with Crippen LogP contribution in [0.3, 0.4) is 0 Å². The number of hydrogen-bond donors (Lipinski definition) is 2. The third kappa shape index (κ3) is 2.05. The molecule has 1 fully saturated rings. The van der Waals surface area contributed by atoms with Crippen molar-refractivity contribution in [2.45, 2.75) is 31.9 Å². The molecule has 13 heavy (non-hydrogen) atoms. The van der Waals surface area contributed by atoms with Crippen LogP contribution in [-0.4, -0.2) is 27.8 Å².